The number of carbonyl (C=O) groups is 1. The normalized spacial score (nSPS) is 14.6. The summed E-state index contributed by atoms with van der Waals surface area (Å²) in [6.45, 7) is 0.618. The van der Waals surface area contributed by atoms with Gasteiger partial charge in [-0.2, -0.15) is 0 Å². The van der Waals surface area contributed by atoms with Gasteiger partial charge >= 0.3 is 0 Å². The molecule has 166 valence electrons. The van der Waals surface area contributed by atoms with E-state index in [-0.39, 0.29) is 27.9 Å². The average Bonchev–Trinajstić information content (AvgIpc) is 2.78. The zero-order chi connectivity index (χ0) is 22.4. The number of hydrogen-bond donors (Lipinski definition) is 2. The highest BCUT2D eigenvalue weighted by atomic mass is 32.2. The summed E-state index contributed by atoms with van der Waals surface area (Å²) in [4.78, 5) is 22.7. The second kappa shape index (κ2) is 9.78. The van der Waals surface area contributed by atoms with Crippen LogP contribution in [0, 0.1) is 16.0 Å². The standard InChI is InChI=1S/C21H25N3O6S/c1-30-20-12-9-17(24(26)27)13-19(20)23-31(28,29)18-10-7-16(8-11-18)21(25)22-14-15-5-3-2-4-6-15/h7-13,15,23H,2-6,14H2,1H3,(H,22,25). The first-order valence-electron chi connectivity index (χ1n) is 10.0. The van der Waals surface area contributed by atoms with Gasteiger partial charge in [0.05, 0.1) is 22.6 Å². The van der Waals surface area contributed by atoms with Crippen LogP contribution in [0.25, 0.3) is 0 Å². The molecule has 0 heterocycles. The van der Waals surface area contributed by atoms with Crippen LogP contribution in [-0.4, -0.2) is 32.9 Å². The number of ether oxygens (including phenoxy) is 1. The SMILES string of the molecule is COc1ccc([N+](=O)[O-])cc1NS(=O)(=O)c1ccc(C(=O)NCC2CCCCC2)cc1. The fraction of sp³-hybridized carbons (Fsp3) is 0.381. The van der Waals surface area contributed by atoms with Crippen LogP contribution in [0.2, 0.25) is 0 Å². The number of methoxy groups -OCH3 is 1. The molecule has 1 aliphatic rings. The first-order chi connectivity index (χ1) is 14.8. The number of non-ortho nitro benzene ring substituents is 1. The zero-order valence-corrected chi connectivity index (χ0v) is 18.0. The largest absolute Gasteiger partial charge is 0.495 e. The van der Waals surface area contributed by atoms with Gasteiger partial charge in [0, 0.05) is 24.2 Å². The highest BCUT2D eigenvalue weighted by Crippen LogP contribution is 2.31. The third-order valence-electron chi connectivity index (χ3n) is 5.34. The molecule has 31 heavy (non-hydrogen) atoms. The molecule has 0 aromatic heterocycles. The van der Waals surface area contributed by atoms with E-state index < -0.39 is 14.9 Å². The summed E-state index contributed by atoms with van der Waals surface area (Å²) in [5, 5.41) is 13.9. The van der Waals surface area contributed by atoms with Gasteiger partial charge in [-0.05, 0) is 49.1 Å². The van der Waals surface area contributed by atoms with Crippen LogP contribution >= 0.6 is 0 Å². The average molecular weight is 448 g/mol. The Bertz CT molecular complexity index is 1050. The molecule has 1 fully saturated rings. The predicted molar refractivity (Wildman–Crippen MR) is 116 cm³/mol. The molecule has 1 aliphatic carbocycles. The lowest BCUT2D eigenvalue weighted by Gasteiger charge is -2.21. The van der Waals surface area contributed by atoms with Crippen molar-refractivity contribution in [2.75, 3.05) is 18.4 Å². The summed E-state index contributed by atoms with van der Waals surface area (Å²) < 4.78 is 32.8. The van der Waals surface area contributed by atoms with E-state index in [0.717, 1.165) is 18.9 Å². The minimum atomic E-state index is -4.04. The van der Waals surface area contributed by atoms with Crippen molar-refractivity contribution in [2.24, 2.45) is 5.92 Å². The van der Waals surface area contributed by atoms with Crippen molar-refractivity contribution in [3.63, 3.8) is 0 Å². The number of nitro benzene ring substituents is 1. The highest BCUT2D eigenvalue weighted by molar-refractivity contribution is 7.92. The third kappa shape index (κ3) is 5.72. The van der Waals surface area contributed by atoms with Gasteiger partial charge in [-0.3, -0.25) is 19.6 Å². The van der Waals surface area contributed by atoms with Gasteiger partial charge in [0.2, 0.25) is 0 Å². The Morgan fingerprint density at radius 1 is 1.13 bits per heavy atom. The van der Waals surface area contributed by atoms with E-state index in [1.807, 2.05) is 0 Å². The van der Waals surface area contributed by atoms with Gasteiger partial charge in [-0.15, -0.1) is 0 Å². The van der Waals surface area contributed by atoms with Crippen molar-refractivity contribution in [2.45, 2.75) is 37.0 Å². The molecule has 0 atom stereocenters. The Balaban J connectivity index is 1.70. The Kier molecular flexibility index (Phi) is 7.11. The van der Waals surface area contributed by atoms with Gasteiger partial charge in [0.1, 0.15) is 5.75 Å². The smallest absolute Gasteiger partial charge is 0.271 e. The number of anilines is 1. The number of nitrogens with one attached hydrogen (secondary N) is 2. The topological polar surface area (TPSA) is 128 Å². The van der Waals surface area contributed by atoms with Crippen LogP contribution in [0.3, 0.4) is 0 Å². The molecule has 1 amide bonds. The molecule has 0 radical (unpaired) electrons. The molecule has 2 aromatic rings. The third-order valence-corrected chi connectivity index (χ3v) is 6.72. The maximum absolute atomic E-state index is 12.7. The minimum Gasteiger partial charge on any atom is -0.495 e. The Morgan fingerprint density at radius 3 is 2.42 bits per heavy atom. The van der Waals surface area contributed by atoms with Crippen LogP contribution in [0.15, 0.2) is 47.4 Å². The van der Waals surface area contributed by atoms with Crippen molar-refractivity contribution >= 4 is 27.3 Å². The monoisotopic (exact) mass is 447 g/mol. The van der Waals surface area contributed by atoms with E-state index in [4.69, 9.17) is 4.74 Å². The summed E-state index contributed by atoms with van der Waals surface area (Å²) in [5.41, 5.74) is 0.0391. The number of benzene rings is 2. The lowest BCUT2D eigenvalue weighted by Crippen LogP contribution is -2.30. The van der Waals surface area contributed by atoms with Gasteiger partial charge in [-0.1, -0.05) is 19.3 Å². The van der Waals surface area contributed by atoms with Crippen molar-refractivity contribution in [1.82, 2.24) is 5.32 Å². The van der Waals surface area contributed by atoms with E-state index in [0.29, 0.717) is 18.0 Å². The molecule has 0 aliphatic heterocycles. The van der Waals surface area contributed by atoms with E-state index in [1.165, 1.54) is 62.8 Å². The van der Waals surface area contributed by atoms with Crippen LogP contribution in [0.1, 0.15) is 42.5 Å². The number of rotatable bonds is 8. The summed E-state index contributed by atoms with van der Waals surface area (Å²) in [7, 11) is -2.71. The number of hydrogen-bond acceptors (Lipinski definition) is 6. The Morgan fingerprint density at radius 2 is 1.81 bits per heavy atom. The highest BCUT2D eigenvalue weighted by Gasteiger charge is 2.20. The molecule has 9 nitrogen and oxygen atoms in total. The van der Waals surface area contributed by atoms with E-state index in [1.54, 1.807) is 0 Å². The molecule has 0 bridgehead atoms. The van der Waals surface area contributed by atoms with E-state index in [2.05, 4.69) is 10.0 Å². The molecular formula is C21H25N3O6S. The van der Waals surface area contributed by atoms with Gasteiger partial charge in [0.25, 0.3) is 21.6 Å². The van der Waals surface area contributed by atoms with E-state index >= 15 is 0 Å². The molecule has 3 rings (SSSR count). The molecule has 0 spiro atoms. The lowest BCUT2D eigenvalue weighted by atomic mass is 9.89. The summed E-state index contributed by atoms with van der Waals surface area (Å²) >= 11 is 0. The quantitative estimate of drug-likeness (QED) is 0.469. The van der Waals surface area contributed by atoms with E-state index in [9.17, 15) is 23.3 Å². The van der Waals surface area contributed by atoms with Crippen molar-refractivity contribution in [3.8, 4) is 5.75 Å². The molecule has 2 aromatic carbocycles. The van der Waals surface area contributed by atoms with Crippen LogP contribution in [-0.2, 0) is 10.0 Å². The zero-order valence-electron chi connectivity index (χ0n) is 17.2. The molecule has 2 N–H and O–H groups in total. The maximum Gasteiger partial charge on any atom is 0.271 e. The van der Waals surface area contributed by atoms with Crippen molar-refractivity contribution < 1.29 is 22.9 Å². The number of nitrogens with zero attached hydrogens (tertiary/aromatic N) is 1. The van der Waals surface area contributed by atoms with Crippen molar-refractivity contribution in [3.05, 3.63) is 58.1 Å². The number of nitro groups is 1. The Hall–Kier alpha value is -3.14. The maximum atomic E-state index is 12.7. The molecule has 1 saturated carbocycles. The second-order valence-electron chi connectivity index (χ2n) is 7.49. The van der Waals surface area contributed by atoms with Gasteiger partial charge in [0.15, 0.2) is 0 Å². The minimum absolute atomic E-state index is 0.0500. The summed E-state index contributed by atoms with van der Waals surface area (Å²) in [5.74, 6) is 0.391. The predicted octanol–water partition coefficient (Wildman–Crippen LogP) is 3.71. The van der Waals surface area contributed by atoms with Crippen LogP contribution in [0.5, 0.6) is 5.75 Å². The Labute approximate surface area is 181 Å². The van der Waals surface area contributed by atoms with Crippen molar-refractivity contribution in [1.29, 1.82) is 0 Å². The summed E-state index contributed by atoms with van der Waals surface area (Å²) in [6.07, 6.45) is 5.86. The fourth-order valence-electron chi connectivity index (χ4n) is 3.61. The first kappa shape index (κ1) is 22.5. The number of sulfonamides is 1. The lowest BCUT2D eigenvalue weighted by molar-refractivity contribution is -0.384. The van der Waals surface area contributed by atoms with Gasteiger partial charge in [-0.25, -0.2) is 8.42 Å². The summed E-state index contributed by atoms with van der Waals surface area (Å²) in [6, 6.07) is 9.14. The number of amides is 1. The molecule has 0 unspecified atom stereocenters. The number of carbonyl (C=O) groups excluding carboxylic acids is 1. The van der Waals surface area contributed by atoms with Crippen LogP contribution < -0.4 is 14.8 Å². The molecular weight excluding hydrogens is 422 g/mol. The second-order valence-corrected chi connectivity index (χ2v) is 9.17. The fourth-order valence-corrected chi connectivity index (χ4v) is 4.67. The first-order valence-corrected chi connectivity index (χ1v) is 11.5. The molecule has 10 heteroatoms. The molecule has 0 saturated heterocycles. The van der Waals surface area contributed by atoms with Gasteiger partial charge < -0.3 is 10.1 Å². The van der Waals surface area contributed by atoms with Crippen LogP contribution in [0.4, 0.5) is 11.4 Å².